The Bertz CT molecular complexity index is 213. The van der Waals surface area contributed by atoms with Crippen LogP contribution < -0.4 is 0 Å². The second-order valence-electron chi connectivity index (χ2n) is 5.89. The molecule has 120 valence electrons. The standard InChI is InChI=1S/C18H36O2/c1-4-7-9-11-12-14-16-18(19)20-17(6-3)15-13-10-8-5-2/h17H,4-16H2,1-3H3/t17-/m0/s1. The van der Waals surface area contributed by atoms with Gasteiger partial charge in [0.1, 0.15) is 6.10 Å². The molecule has 0 rings (SSSR count). The van der Waals surface area contributed by atoms with Gasteiger partial charge in [-0.05, 0) is 25.7 Å². The second-order valence-corrected chi connectivity index (χ2v) is 5.89. The van der Waals surface area contributed by atoms with Gasteiger partial charge in [0.2, 0.25) is 0 Å². The SMILES string of the molecule is CCCCCCCCC(=O)O[C@@H](CC)CCCCCC. The maximum absolute atomic E-state index is 11.8. The number of hydrogen-bond donors (Lipinski definition) is 0. The summed E-state index contributed by atoms with van der Waals surface area (Å²) < 4.78 is 5.57. The van der Waals surface area contributed by atoms with Crippen molar-refractivity contribution in [3.8, 4) is 0 Å². The molecule has 0 spiro atoms. The van der Waals surface area contributed by atoms with E-state index in [1.807, 2.05) is 0 Å². The lowest BCUT2D eigenvalue weighted by molar-refractivity contribution is -0.149. The van der Waals surface area contributed by atoms with Crippen molar-refractivity contribution in [3.63, 3.8) is 0 Å². The highest BCUT2D eigenvalue weighted by atomic mass is 16.5. The minimum atomic E-state index is 0.0165. The molecule has 0 heterocycles. The number of unbranched alkanes of at least 4 members (excludes halogenated alkanes) is 8. The molecular formula is C18H36O2. The maximum atomic E-state index is 11.8. The molecule has 0 aromatic rings. The molecule has 2 heteroatoms. The summed E-state index contributed by atoms with van der Waals surface area (Å²) in [6.07, 6.45) is 15.1. The van der Waals surface area contributed by atoms with Gasteiger partial charge in [0.15, 0.2) is 0 Å². The van der Waals surface area contributed by atoms with Crippen LogP contribution in [-0.2, 0) is 9.53 Å². The van der Waals surface area contributed by atoms with Gasteiger partial charge < -0.3 is 4.74 Å². The van der Waals surface area contributed by atoms with Crippen LogP contribution in [-0.4, -0.2) is 12.1 Å². The van der Waals surface area contributed by atoms with Crippen LogP contribution in [0.15, 0.2) is 0 Å². The Morgan fingerprint density at radius 2 is 1.35 bits per heavy atom. The van der Waals surface area contributed by atoms with Crippen molar-refractivity contribution >= 4 is 5.97 Å². The van der Waals surface area contributed by atoms with E-state index in [1.54, 1.807) is 0 Å². The predicted molar refractivity (Wildman–Crippen MR) is 86.9 cm³/mol. The minimum Gasteiger partial charge on any atom is -0.462 e. The maximum Gasteiger partial charge on any atom is 0.306 e. The molecule has 2 nitrogen and oxygen atoms in total. The van der Waals surface area contributed by atoms with Crippen molar-refractivity contribution in [2.75, 3.05) is 0 Å². The van der Waals surface area contributed by atoms with Gasteiger partial charge in [-0.3, -0.25) is 4.79 Å². The molecule has 1 atom stereocenters. The summed E-state index contributed by atoms with van der Waals surface area (Å²) in [5.41, 5.74) is 0. The van der Waals surface area contributed by atoms with Crippen LogP contribution in [0.5, 0.6) is 0 Å². The third-order valence-corrected chi connectivity index (χ3v) is 3.87. The topological polar surface area (TPSA) is 26.3 Å². The lowest BCUT2D eigenvalue weighted by atomic mass is 10.1. The fraction of sp³-hybridized carbons (Fsp3) is 0.944. The smallest absolute Gasteiger partial charge is 0.306 e. The van der Waals surface area contributed by atoms with Crippen molar-refractivity contribution in [3.05, 3.63) is 0 Å². The van der Waals surface area contributed by atoms with Crippen LogP contribution in [0.4, 0.5) is 0 Å². The van der Waals surface area contributed by atoms with Gasteiger partial charge in [-0.15, -0.1) is 0 Å². The summed E-state index contributed by atoms with van der Waals surface area (Å²) in [6.45, 7) is 6.56. The van der Waals surface area contributed by atoms with Crippen LogP contribution in [0.25, 0.3) is 0 Å². The molecule has 0 saturated heterocycles. The summed E-state index contributed by atoms with van der Waals surface area (Å²) in [4.78, 5) is 11.8. The Morgan fingerprint density at radius 1 is 0.800 bits per heavy atom. The fourth-order valence-corrected chi connectivity index (χ4v) is 2.44. The van der Waals surface area contributed by atoms with Gasteiger partial charge in [0, 0.05) is 6.42 Å². The van der Waals surface area contributed by atoms with Crippen LogP contribution in [0.1, 0.15) is 104 Å². The highest BCUT2D eigenvalue weighted by Crippen LogP contribution is 2.13. The zero-order chi connectivity index (χ0) is 15.1. The van der Waals surface area contributed by atoms with E-state index in [9.17, 15) is 4.79 Å². The zero-order valence-electron chi connectivity index (χ0n) is 14.1. The first-order chi connectivity index (χ1) is 9.74. The molecule has 20 heavy (non-hydrogen) atoms. The monoisotopic (exact) mass is 284 g/mol. The van der Waals surface area contributed by atoms with E-state index < -0.39 is 0 Å². The summed E-state index contributed by atoms with van der Waals surface area (Å²) in [5, 5.41) is 0. The fourth-order valence-electron chi connectivity index (χ4n) is 2.44. The Hall–Kier alpha value is -0.530. The van der Waals surface area contributed by atoms with Crippen LogP contribution in [0, 0.1) is 0 Å². The largest absolute Gasteiger partial charge is 0.462 e. The molecule has 0 saturated carbocycles. The first kappa shape index (κ1) is 19.5. The number of rotatable bonds is 14. The molecule has 0 aliphatic rings. The molecule has 0 aliphatic heterocycles. The Balaban J connectivity index is 3.54. The quantitative estimate of drug-likeness (QED) is 0.287. The second kappa shape index (κ2) is 14.9. The van der Waals surface area contributed by atoms with Crippen molar-refractivity contribution < 1.29 is 9.53 Å². The van der Waals surface area contributed by atoms with E-state index in [2.05, 4.69) is 20.8 Å². The normalized spacial score (nSPS) is 12.3. The molecule has 0 bridgehead atoms. The average molecular weight is 284 g/mol. The summed E-state index contributed by atoms with van der Waals surface area (Å²) in [5.74, 6) is 0.0165. The lowest BCUT2D eigenvalue weighted by Crippen LogP contribution is -2.17. The average Bonchev–Trinajstić information content (AvgIpc) is 2.46. The minimum absolute atomic E-state index is 0.0165. The number of esters is 1. The van der Waals surface area contributed by atoms with E-state index in [0.29, 0.717) is 6.42 Å². The molecule has 0 aromatic heterocycles. The molecule has 0 aliphatic carbocycles. The van der Waals surface area contributed by atoms with Crippen LogP contribution in [0.2, 0.25) is 0 Å². The predicted octanol–water partition coefficient (Wildman–Crippen LogP) is 6.03. The summed E-state index contributed by atoms with van der Waals surface area (Å²) in [6, 6.07) is 0. The molecule has 0 unspecified atom stereocenters. The molecule has 0 amide bonds. The lowest BCUT2D eigenvalue weighted by Gasteiger charge is -2.16. The molecule has 0 aromatic carbocycles. The Kier molecular flexibility index (Phi) is 14.5. The van der Waals surface area contributed by atoms with E-state index in [1.165, 1.54) is 57.8 Å². The number of carbonyl (C=O) groups excluding carboxylic acids is 1. The highest BCUT2D eigenvalue weighted by molar-refractivity contribution is 5.69. The number of ether oxygens (including phenoxy) is 1. The van der Waals surface area contributed by atoms with Gasteiger partial charge in [-0.2, -0.15) is 0 Å². The molecule has 0 fully saturated rings. The number of hydrogen-bond acceptors (Lipinski definition) is 2. The summed E-state index contributed by atoms with van der Waals surface area (Å²) >= 11 is 0. The third kappa shape index (κ3) is 12.5. The van der Waals surface area contributed by atoms with Crippen molar-refractivity contribution in [2.24, 2.45) is 0 Å². The van der Waals surface area contributed by atoms with E-state index in [-0.39, 0.29) is 12.1 Å². The van der Waals surface area contributed by atoms with Gasteiger partial charge in [-0.25, -0.2) is 0 Å². The first-order valence-corrected chi connectivity index (χ1v) is 8.94. The Labute approximate surface area is 126 Å². The molecule has 0 radical (unpaired) electrons. The first-order valence-electron chi connectivity index (χ1n) is 8.94. The summed E-state index contributed by atoms with van der Waals surface area (Å²) in [7, 11) is 0. The highest BCUT2D eigenvalue weighted by Gasteiger charge is 2.11. The van der Waals surface area contributed by atoms with Gasteiger partial charge in [-0.1, -0.05) is 72.1 Å². The molecule has 0 N–H and O–H groups in total. The van der Waals surface area contributed by atoms with Gasteiger partial charge in [0.05, 0.1) is 0 Å². The van der Waals surface area contributed by atoms with Gasteiger partial charge >= 0.3 is 5.97 Å². The van der Waals surface area contributed by atoms with Crippen LogP contribution in [0.3, 0.4) is 0 Å². The number of carbonyl (C=O) groups is 1. The van der Waals surface area contributed by atoms with E-state index in [0.717, 1.165) is 19.3 Å². The van der Waals surface area contributed by atoms with E-state index in [4.69, 9.17) is 4.74 Å². The van der Waals surface area contributed by atoms with Gasteiger partial charge in [0.25, 0.3) is 0 Å². The molecular weight excluding hydrogens is 248 g/mol. The van der Waals surface area contributed by atoms with Crippen molar-refractivity contribution in [1.82, 2.24) is 0 Å². The van der Waals surface area contributed by atoms with Crippen molar-refractivity contribution in [2.45, 2.75) is 110 Å². The van der Waals surface area contributed by atoms with Crippen LogP contribution >= 0.6 is 0 Å². The third-order valence-electron chi connectivity index (χ3n) is 3.87. The Morgan fingerprint density at radius 3 is 1.95 bits per heavy atom. The van der Waals surface area contributed by atoms with Crippen molar-refractivity contribution in [1.29, 1.82) is 0 Å². The zero-order valence-corrected chi connectivity index (χ0v) is 14.1. The van der Waals surface area contributed by atoms with E-state index >= 15 is 0 Å².